The zero-order valence-corrected chi connectivity index (χ0v) is 8.43. The Morgan fingerprint density at radius 2 is 2.00 bits per heavy atom. The van der Waals surface area contributed by atoms with Crippen LogP contribution in [0.4, 0.5) is 4.79 Å². The van der Waals surface area contributed by atoms with Crippen LogP contribution >= 0.6 is 11.6 Å². The monoisotopic (exact) mass is 193 g/mol. The molecule has 0 spiro atoms. The van der Waals surface area contributed by atoms with Crippen molar-refractivity contribution in [1.82, 2.24) is 4.90 Å². The maximum atomic E-state index is 11.1. The number of ether oxygens (including phenoxy) is 1. The fourth-order valence-electron chi connectivity index (χ4n) is 0.787. The molecule has 0 aromatic carbocycles. The van der Waals surface area contributed by atoms with Gasteiger partial charge < -0.3 is 9.64 Å². The van der Waals surface area contributed by atoms with Crippen LogP contribution in [0.15, 0.2) is 0 Å². The van der Waals surface area contributed by atoms with Gasteiger partial charge in [0, 0.05) is 19.0 Å². The molecule has 0 saturated carbocycles. The van der Waals surface area contributed by atoms with Gasteiger partial charge in [-0.15, -0.1) is 11.6 Å². The molecule has 72 valence electrons. The molecule has 4 heteroatoms. The van der Waals surface area contributed by atoms with Crippen molar-refractivity contribution in [2.75, 3.05) is 25.6 Å². The fourth-order valence-corrected chi connectivity index (χ4v) is 0.896. The minimum atomic E-state index is -0.245. The molecule has 12 heavy (non-hydrogen) atoms. The zero-order chi connectivity index (χ0) is 9.40. The maximum Gasteiger partial charge on any atom is 0.409 e. The Bertz CT molecular complexity index is 126. The third kappa shape index (κ3) is 4.44. The van der Waals surface area contributed by atoms with Crippen molar-refractivity contribution in [1.29, 1.82) is 0 Å². The number of halogens is 1. The van der Waals surface area contributed by atoms with E-state index in [1.807, 2.05) is 13.8 Å². The van der Waals surface area contributed by atoms with Crippen LogP contribution in [-0.2, 0) is 4.74 Å². The highest BCUT2D eigenvalue weighted by Gasteiger charge is 2.09. The minimum absolute atomic E-state index is 0.245. The van der Waals surface area contributed by atoms with E-state index in [-0.39, 0.29) is 6.09 Å². The van der Waals surface area contributed by atoms with Gasteiger partial charge in [-0.05, 0) is 20.3 Å². The average Bonchev–Trinajstić information content (AvgIpc) is 2.07. The van der Waals surface area contributed by atoms with Gasteiger partial charge >= 0.3 is 6.09 Å². The lowest BCUT2D eigenvalue weighted by Gasteiger charge is -2.17. The van der Waals surface area contributed by atoms with Gasteiger partial charge in [0.05, 0.1) is 6.61 Å². The lowest BCUT2D eigenvalue weighted by atomic mass is 10.5. The second-order valence-corrected chi connectivity index (χ2v) is 2.71. The Morgan fingerprint density at radius 3 is 2.42 bits per heavy atom. The highest BCUT2D eigenvalue weighted by atomic mass is 35.5. The first kappa shape index (κ1) is 11.6. The highest BCUT2D eigenvalue weighted by molar-refractivity contribution is 6.17. The Balaban J connectivity index is 3.54. The summed E-state index contributed by atoms with van der Waals surface area (Å²) in [5, 5.41) is 0. The standard InChI is InChI=1S/C8H16ClNO2/c1-3-10(4-2)8(11)12-7-5-6-9/h3-7H2,1-2H3. The predicted molar refractivity (Wildman–Crippen MR) is 49.6 cm³/mol. The number of hydrogen-bond donors (Lipinski definition) is 0. The molecule has 0 aromatic rings. The van der Waals surface area contributed by atoms with E-state index >= 15 is 0 Å². The van der Waals surface area contributed by atoms with Crippen molar-refractivity contribution >= 4 is 17.7 Å². The van der Waals surface area contributed by atoms with Crippen LogP contribution in [-0.4, -0.2) is 36.6 Å². The number of rotatable bonds is 5. The van der Waals surface area contributed by atoms with Gasteiger partial charge in [0.2, 0.25) is 0 Å². The number of alkyl halides is 1. The van der Waals surface area contributed by atoms with Gasteiger partial charge in [0.15, 0.2) is 0 Å². The summed E-state index contributed by atoms with van der Waals surface area (Å²) in [6, 6.07) is 0. The zero-order valence-electron chi connectivity index (χ0n) is 7.68. The molecule has 0 aliphatic heterocycles. The molecule has 3 nitrogen and oxygen atoms in total. The van der Waals surface area contributed by atoms with Gasteiger partial charge in [-0.3, -0.25) is 0 Å². The lowest BCUT2D eigenvalue weighted by molar-refractivity contribution is 0.106. The molecule has 0 N–H and O–H groups in total. The van der Waals surface area contributed by atoms with Gasteiger partial charge in [-0.2, -0.15) is 0 Å². The van der Waals surface area contributed by atoms with Crippen LogP contribution < -0.4 is 0 Å². The average molecular weight is 194 g/mol. The normalized spacial score (nSPS) is 9.58. The van der Waals surface area contributed by atoms with Crippen LogP contribution in [0.3, 0.4) is 0 Å². The molecular weight excluding hydrogens is 178 g/mol. The fraction of sp³-hybridized carbons (Fsp3) is 0.875. The van der Waals surface area contributed by atoms with Gasteiger partial charge in [0.1, 0.15) is 0 Å². The number of carbonyl (C=O) groups excluding carboxylic acids is 1. The van der Waals surface area contributed by atoms with Gasteiger partial charge in [0.25, 0.3) is 0 Å². The number of amides is 1. The van der Waals surface area contributed by atoms with Gasteiger partial charge in [-0.1, -0.05) is 0 Å². The maximum absolute atomic E-state index is 11.1. The smallest absolute Gasteiger partial charge is 0.409 e. The second-order valence-electron chi connectivity index (χ2n) is 2.33. The number of carbonyl (C=O) groups is 1. The predicted octanol–water partition coefficient (Wildman–Crippen LogP) is 2.09. The summed E-state index contributed by atoms with van der Waals surface area (Å²) in [6.45, 7) is 5.64. The van der Waals surface area contributed by atoms with Crippen LogP contribution in [0.1, 0.15) is 20.3 Å². The molecule has 0 atom stereocenters. The summed E-state index contributed by atoms with van der Waals surface area (Å²) in [4.78, 5) is 12.8. The van der Waals surface area contributed by atoms with Crippen LogP contribution in [0.2, 0.25) is 0 Å². The molecule has 0 rings (SSSR count). The SMILES string of the molecule is CCN(CC)C(=O)OCCCCl. The first-order valence-electron chi connectivity index (χ1n) is 4.23. The first-order valence-corrected chi connectivity index (χ1v) is 4.77. The Morgan fingerprint density at radius 1 is 1.42 bits per heavy atom. The lowest BCUT2D eigenvalue weighted by Crippen LogP contribution is -2.31. The van der Waals surface area contributed by atoms with Crippen molar-refractivity contribution in [3.63, 3.8) is 0 Å². The summed E-state index contributed by atoms with van der Waals surface area (Å²) in [5.74, 6) is 0.533. The van der Waals surface area contributed by atoms with Crippen molar-refractivity contribution in [2.45, 2.75) is 20.3 Å². The van der Waals surface area contributed by atoms with E-state index in [0.29, 0.717) is 32.0 Å². The Labute approximate surface area is 78.6 Å². The van der Waals surface area contributed by atoms with E-state index in [4.69, 9.17) is 16.3 Å². The largest absolute Gasteiger partial charge is 0.449 e. The molecule has 0 radical (unpaired) electrons. The van der Waals surface area contributed by atoms with Crippen LogP contribution in [0, 0.1) is 0 Å². The summed E-state index contributed by atoms with van der Waals surface area (Å²) < 4.78 is 4.93. The molecule has 0 heterocycles. The van der Waals surface area contributed by atoms with E-state index in [2.05, 4.69) is 0 Å². The molecule has 0 aromatic heterocycles. The summed E-state index contributed by atoms with van der Waals surface area (Å²) in [7, 11) is 0. The van der Waals surface area contributed by atoms with Crippen molar-refractivity contribution in [2.24, 2.45) is 0 Å². The molecular formula is C8H16ClNO2. The van der Waals surface area contributed by atoms with Gasteiger partial charge in [-0.25, -0.2) is 4.79 Å². The van der Waals surface area contributed by atoms with E-state index in [1.165, 1.54) is 0 Å². The highest BCUT2D eigenvalue weighted by Crippen LogP contribution is 1.94. The number of nitrogens with zero attached hydrogens (tertiary/aromatic N) is 1. The molecule has 0 fully saturated rings. The number of hydrogen-bond acceptors (Lipinski definition) is 2. The molecule has 1 amide bonds. The molecule has 0 aliphatic carbocycles. The van der Waals surface area contributed by atoms with Crippen molar-refractivity contribution in [3.8, 4) is 0 Å². The molecule has 0 unspecified atom stereocenters. The summed E-state index contributed by atoms with van der Waals surface area (Å²) in [6.07, 6.45) is 0.472. The van der Waals surface area contributed by atoms with E-state index in [9.17, 15) is 4.79 Å². The van der Waals surface area contributed by atoms with Crippen molar-refractivity contribution in [3.05, 3.63) is 0 Å². The Hall–Kier alpha value is -0.440. The first-order chi connectivity index (χ1) is 5.76. The van der Waals surface area contributed by atoms with E-state index < -0.39 is 0 Å². The van der Waals surface area contributed by atoms with E-state index in [1.54, 1.807) is 4.90 Å². The minimum Gasteiger partial charge on any atom is -0.449 e. The quantitative estimate of drug-likeness (QED) is 0.494. The molecule has 0 aliphatic rings. The topological polar surface area (TPSA) is 29.5 Å². The van der Waals surface area contributed by atoms with Crippen LogP contribution in [0.25, 0.3) is 0 Å². The van der Waals surface area contributed by atoms with Crippen molar-refractivity contribution < 1.29 is 9.53 Å². The Kier molecular flexibility index (Phi) is 6.96. The second kappa shape index (κ2) is 7.22. The van der Waals surface area contributed by atoms with E-state index in [0.717, 1.165) is 0 Å². The molecule has 0 saturated heterocycles. The summed E-state index contributed by atoms with van der Waals surface area (Å²) >= 11 is 5.43. The third-order valence-corrected chi connectivity index (χ3v) is 1.79. The molecule has 0 bridgehead atoms. The van der Waals surface area contributed by atoms with Crippen LogP contribution in [0.5, 0.6) is 0 Å². The third-order valence-electron chi connectivity index (χ3n) is 1.53. The summed E-state index contributed by atoms with van der Waals surface area (Å²) in [5.41, 5.74) is 0.